The summed E-state index contributed by atoms with van der Waals surface area (Å²) in [5.74, 6) is -4.32. The number of hydrogen-bond acceptors (Lipinski definition) is 14. The lowest BCUT2D eigenvalue weighted by molar-refractivity contribution is -0.688. The number of carboxylic acid groups (broad SMARTS) is 2. The van der Waals surface area contributed by atoms with E-state index < -0.39 is 47.0 Å². The number of likely N-dealkylation sites (N-methyl/N-ethyl adjacent to an activating group) is 1. The number of amides is 2. The molecule has 19 heteroatoms. The Morgan fingerprint density at radius 3 is 2.72 bits per heavy atom. The Bertz CT molecular complexity index is 1520. The summed E-state index contributed by atoms with van der Waals surface area (Å²) in [7, 11) is 1.83. The molecule has 2 aliphatic heterocycles. The molecule has 0 spiro atoms. The van der Waals surface area contributed by atoms with E-state index in [0.29, 0.717) is 17.8 Å². The summed E-state index contributed by atoms with van der Waals surface area (Å²) >= 11 is 8.23. The molecule has 1 fully saturated rings. The highest BCUT2D eigenvalue weighted by molar-refractivity contribution is 8.00. The number of thioether (sulfide) groups is 1. The molecule has 0 radical (unpaired) electrons. The maximum Gasteiger partial charge on any atom is 0.347 e. The van der Waals surface area contributed by atoms with Gasteiger partial charge in [0.2, 0.25) is 6.10 Å². The number of nitrogens with two attached hydrogens (primary N) is 2. The standard InChI is InChI=1S/C24H28ClN9O7S2/c1-10(22(37)38)41-32-15(14-18(25)43-24(27)31-14)19(35)30-16-20(36)34-17(23(39)40)11(9-42-21(16)34)7-33-6-3-13(12(26)8-33)29-5-4-28-2/h3,6,8,10,16,21,28H,4-5,7,9,26H2,1-2H3,(H5,27,30,31,35,37,38,39,40)/b32-15-/t10-,16?,21?/m0/s1. The zero-order valence-corrected chi connectivity index (χ0v) is 25.2. The van der Waals surface area contributed by atoms with Gasteiger partial charge in [-0.05, 0) is 14.0 Å². The van der Waals surface area contributed by atoms with Gasteiger partial charge in [0.05, 0.1) is 17.4 Å². The largest absolute Gasteiger partial charge is 0.543 e. The molecule has 4 rings (SSSR count). The van der Waals surface area contributed by atoms with E-state index in [1.807, 2.05) is 7.05 Å². The number of aliphatic carboxylic acids is 2. The lowest BCUT2D eigenvalue weighted by atomic mass is 10.0. The zero-order chi connectivity index (χ0) is 31.4. The predicted molar refractivity (Wildman–Crippen MR) is 157 cm³/mol. The van der Waals surface area contributed by atoms with Crippen LogP contribution in [0.4, 0.5) is 16.5 Å². The van der Waals surface area contributed by atoms with E-state index in [2.05, 4.69) is 26.1 Å². The Morgan fingerprint density at radius 2 is 2.12 bits per heavy atom. The van der Waals surface area contributed by atoms with Gasteiger partial charge < -0.3 is 47.3 Å². The molecule has 2 aromatic rings. The van der Waals surface area contributed by atoms with Crippen molar-refractivity contribution in [2.75, 3.05) is 42.7 Å². The van der Waals surface area contributed by atoms with Crippen LogP contribution in [0.3, 0.4) is 0 Å². The van der Waals surface area contributed by atoms with Gasteiger partial charge in [-0.25, -0.2) is 9.78 Å². The van der Waals surface area contributed by atoms with Crippen LogP contribution in [0.25, 0.3) is 0 Å². The fourth-order valence-corrected chi connectivity index (χ4v) is 6.46. The van der Waals surface area contributed by atoms with Crippen molar-refractivity contribution >= 4 is 80.7 Å². The number of carboxylic acids is 2. The molecule has 230 valence electrons. The van der Waals surface area contributed by atoms with Crippen LogP contribution in [0.2, 0.25) is 4.34 Å². The Kier molecular flexibility index (Phi) is 9.95. The Balaban J connectivity index is 1.52. The minimum atomic E-state index is -1.54. The molecule has 16 nitrogen and oxygen atoms in total. The fraction of sp³-hybridized carbons (Fsp3) is 0.375. The third kappa shape index (κ3) is 6.93. The van der Waals surface area contributed by atoms with Crippen LogP contribution in [-0.2, 0) is 30.6 Å². The smallest absolute Gasteiger partial charge is 0.347 e. The lowest BCUT2D eigenvalue weighted by Crippen LogP contribution is -2.71. The minimum absolute atomic E-state index is 0.0103. The number of anilines is 3. The summed E-state index contributed by atoms with van der Waals surface area (Å²) in [4.78, 5) is 59.7. The number of aromatic nitrogens is 2. The molecule has 0 bridgehead atoms. The number of fused-ring (bicyclic) bond motifs is 1. The third-order valence-corrected chi connectivity index (χ3v) is 8.75. The number of pyridine rings is 1. The van der Waals surface area contributed by atoms with Gasteiger partial charge in [0, 0.05) is 30.5 Å². The van der Waals surface area contributed by atoms with Gasteiger partial charge in [0.15, 0.2) is 29.8 Å². The number of carbonyl (C=O) groups excluding carboxylic acids is 3. The second kappa shape index (κ2) is 13.4. The number of nitrogen functional groups attached to an aromatic ring is 2. The summed E-state index contributed by atoms with van der Waals surface area (Å²) in [5.41, 5.74) is 12.5. The van der Waals surface area contributed by atoms with Gasteiger partial charge in [0.1, 0.15) is 27.1 Å². The average Bonchev–Trinajstić information content (AvgIpc) is 3.29. The molecule has 8 N–H and O–H groups in total. The van der Waals surface area contributed by atoms with Crippen LogP contribution in [0.15, 0.2) is 34.9 Å². The van der Waals surface area contributed by atoms with Crippen molar-refractivity contribution in [3.05, 3.63) is 39.8 Å². The van der Waals surface area contributed by atoms with E-state index in [1.165, 1.54) is 18.7 Å². The highest BCUT2D eigenvalue weighted by Gasteiger charge is 2.53. The summed E-state index contributed by atoms with van der Waals surface area (Å²) in [6.45, 7) is 2.71. The predicted octanol–water partition coefficient (Wildman–Crippen LogP) is -1.82. The van der Waals surface area contributed by atoms with Crippen LogP contribution in [0.5, 0.6) is 0 Å². The van der Waals surface area contributed by atoms with E-state index >= 15 is 0 Å². The number of β-lactam (4-membered cyclic amide) rings is 1. The lowest BCUT2D eigenvalue weighted by Gasteiger charge is -2.50. The fourth-order valence-electron chi connectivity index (χ4n) is 4.19. The molecule has 4 heterocycles. The molecule has 43 heavy (non-hydrogen) atoms. The number of nitrogens with one attached hydrogen (secondary N) is 3. The molecule has 0 saturated carbocycles. The zero-order valence-electron chi connectivity index (χ0n) is 22.8. The molecule has 0 aromatic carbocycles. The SMILES string of the molecule is CNCCNc1cc[n+](CC2=C(C(=O)[O-])N3C(=O)C(NC(=O)/C(=N\O[C@@H](C)C(=O)O)c4nc(N)sc4Cl)C3SC2)cc1N. The molecule has 3 atom stereocenters. The summed E-state index contributed by atoms with van der Waals surface area (Å²) in [6.07, 6.45) is 1.98. The van der Waals surface area contributed by atoms with Crippen LogP contribution >= 0.6 is 34.7 Å². The van der Waals surface area contributed by atoms with E-state index in [9.17, 15) is 24.3 Å². The summed E-state index contributed by atoms with van der Waals surface area (Å²) in [6, 6.07) is 0.627. The molecule has 2 amide bonds. The van der Waals surface area contributed by atoms with Crippen LogP contribution in [0.1, 0.15) is 12.6 Å². The Labute approximate surface area is 258 Å². The molecular formula is C24H28ClN9O7S2. The van der Waals surface area contributed by atoms with E-state index in [4.69, 9.17) is 33.0 Å². The number of halogens is 1. The second-order valence-corrected chi connectivity index (χ2v) is 12.1. The van der Waals surface area contributed by atoms with Crippen LogP contribution < -0.4 is 37.1 Å². The minimum Gasteiger partial charge on any atom is -0.543 e. The highest BCUT2D eigenvalue weighted by Crippen LogP contribution is 2.40. The van der Waals surface area contributed by atoms with E-state index in [-0.39, 0.29) is 33.2 Å². The number of carbonyl (C=O) groups is 4. The third-order valence-electron chi connectivity index (χ3n) is 6.33. The Hall–Kier alpha value is -4.13. The molecule has 0 aliphatic carbocycles. The number of oxime groups is 1. The normalized spacial score (nSPS) is 18.9. The highest BCUT2D eigenvalue weighted by atomic mass is 35.5. The van der Waals surface area contributed by atoms with Gasteiger partial charge in [-0.15, -0.1) is 11.8 Å². The maximum atomic E-state index is 13.2. The number of thiazole rings is 1. The number of rotatable bonds is 13. The molecule has 1 saturated heterocycles. The molecule has 2 aliphatic rings. The van der Waals surface area contributed by atoms with Gasteiger partial charge >= 0.3 is 5.97 Å². The van der Waals surface area contributed by atoms with Crippen molar-refractivity contribution in [2.24, 2.45) is 5.16 Å². The molecular weight excluding hydrogens is 626 g/mol. The quantitative estimate of drug-likeness (QED) is 0.0459. The van der Waals surface area contributed by atoms with Crippen molar-refractivity contribution in [1.29, 1.82) is 0 Å². The van der Waals surface area contributed by atoms with Gasteiger partial charge in [-0.1, -0.05) is 28.1 Å². The molecule has 2 aromatic heterocycles. The van der Waals surface area contributed by atoms with Crippen molar-refractivity contribution in [3.8, 4) is 0 Å². The first-order valence-corrected chi connectivity index (χ1v) is 14.9. The van der Waals surface area contributed by atoms with Crippen molar-refractivity contribution in [1.82, 2.24) is 20.5 Å². The topological polar surface area (TPSA) is 241 Å². The van der Waals surface area contributed by atoms with Crippen LogP contribution in [0, 0.1) is 0 Å². The summed E-state index contributed by atoms with van der Waals surface area (Å²) < 4.78 is 1.68. The van der Waals surface area contributed by atoms with Crippen molar-refractivity contribution in [2.45, 2.75) is 31.0 Å². The molecule has 2 unspecified atom stereocenters. The summed E-state index contributed by atoms with van der Waals surface area (Å²) in [5, 5.41) is 32.9. The number of nitrogens with zero attached hydrogens (tertiary/aromatic N) is 4. The van der Waals surface area contributed by atoms with Gasteiger partial charge in [0.25, 0.3) is 11.8 Å². The first-order chi connectivity index (χ1) is 20.4. The maximum absolute atomic E-state index is 13.2. The van der Waals surface area contributed by atoms with Crippen molar-refractivity contribution in [3.63, 3.8) is 0 Å². The van der Waals surface area contributed by atoms with E-state index in [1.54, 1.807) is 23.0 Å². The second-order valence-electron chi connectivity index (χ2n) is 9.32. The average molecular weight is 654 g/mol. The van der Waals surface area contributed by atoms with Gasteiger partial charge in [-0.2, -0.15) is 4.57 Å². The number of hydrogen-bond donors (Lipinski definition) is 6. The van der Waals surface area contributed by atoms with Crippen LogP contribution in [-0.4, -0.2) is 87.9 Å². The first kappa shape index (κ1) is 31.8. The van der Waals surface area contributed by atoms with Crippen molar-refractivity contribution < 1.29 is 38.8 Å². The monoisotopic (exact) mass is 653 g/mol. The van der Waals surface area contributed by atoms with Gasteiger partial charge in [-0.3, -0.25) is 14.5 Å². The first-order valence-electron chi connectivity index (χ1n) is 12.7. The Morgan fingerprint density at radius 1 is 1.37 bits per heavy atom. The van der Waals surface area contributed by atoms with E-state index in [0.717, 1.165) is 28.5 Å².